The molecule has 5 nitrogen and oxygen atoms in total. The van der Waals surface area contributed by atoms with Crippen LogP contribution < -0.4 is 0 Å². The van der Waals surface area contributed by atoms with Crippen LogP contribution in [0.1, 0.15) is 18.7 Å². The van der Waals surface area contributed by atoms with Gasteiger partial charge in [0.05, 0.1) is 18.8 Å². The van der Waals surface area contributed by atoms with Gasteiger partial charge in [-0.2, -0.15) is 5.10 Å². The number of hydrogen-bond donors (Lipinski definition) is 1. The molecule has 22 heavy (non-hydrogen) atoms. The maximum atomic E-state index is 10.8. The lowest BCUT2D eigenvalue weighted by Gasteiger charge is -2.11. The number of rotatable bonds is 2. The van der Waals surface area contributed by atoms with E-state index in [1.807, 2.05) is 12.1 Å². The number of halogens is 1. The van der Waals surface area contributed by atoms with Crippen LogP contribution in [0.25, 0.3) is 16.6 Å². The third-order valence-corrected chi connectivity index (χ3v) is 3.65. The molecular weight excluding hydrogens is 300 g/mol. The second kappa shape index (κ2) is 5.05. The Morgan fingerprint density at radius 3 is 3.00 bits per heavy atom. The molecule has 1 atom stereocenters. The molecule has 0 saturated carbocycles. The molecule has 0 aliphatic heterocycles. The Kier molecular flexibility index (Phi) is 2.77. The third kappa shape index (κ3) is 2.11. The summed E-state index contributed by atoms with van der Waals surface area (Å²) in [7, 11) is 0. The first-order valence-corrected chi connectivity index (χ1v) is 7.02. The maximum absolute atomic E-state index is 10.8. The van der Waals surface area contributed by atoms with Crippen LogP contribution in [-0.4, -0.2) is 24.7 Å². The maximum Gasteiger partial charge on any atom is 0.154 e. The quantitative estimate of drug-likeness (QED) is 0.618. The normalized spacial score (nSPS) is 14.9. The number of hydrogen-bond acceptors (Lipinski definition) is 4. The molecule has 3 aromatic heterocycles. The number of nitrogens with zero attached hydrogens (tertiary/aromatic N) is 4. The van der Waals surface area contributed by atoms with Gasteiger partial charge >= 0.3 is 0 Å². The van der Waals surface area contributed by atoms with Crippen molar-refractivity contribution in [1.82, 2.24) is 19.6 Å². The molecule has 0 aliphatic rings. The van der Waals surface area contributed by atoms with Crippen LogP contribution in [0.4, 0.5) is 0 Å². The Morgan fingerprint density at radius 2 is 2.09 bits per heavy atom. The van der Waals surface area contributed by atoms with Crippen LogP contribution in [0.15, 0.2) is 54.9 Å². The van der Waals surface area contributed by atoms with Crippen LogP contribution in [0.5, 0.6) is 0 Å². The van der Waals surface area contributed by atoms with Gasteiger partial charge in [0.15, 0.2) is 5.65 Å². The van der Waals surface area contributed by atoms with E-state index < -0.39 is 6.08 Å². The highest BCUT2D eigenvalue weighted by atomic mass is 35.5. The third-order valence-electron chi connectivity index (χ3n) is 3.45. The minimum Gasteiger partial charge on any atom is -0.382 e. The van der Waals surface area contributed by atoms with E-state index in [9.17, 15) is 5.11 Å². The number of imidazole rings is 1. The van der Waals surface area contributed by atoms with E-state index >= 15 is 0 Å². The van der Waals surface area contributed by atoms with Crippen molar-refractivity contribution in [2.45, 2.75) is 6.08 Å². The summed E-state index contributed by atoms with van der Waals surface area (Å²) in [6.45, 7) is 0. The SMILES string of the molecule is [2H]C(O)(c1ccc2ncccc2c1)c1cnc2ccc(Cl)nn12. The van der Waals surface area contributed by atoms with Crippen LogP contribution in [0.2, 0.25) is 5.15 Å². The van der Waals surface area contributed by atoms with E-state index in [0.717, 1.165) is 10.9 Å². The topological polar surface area (TPSA) is 63.3 Å². The van der Waals surface area contributed by atoms with Gasteiger partial charge < -0.3 is 5.11 Å². The molecule has 4 rings (SSSR count). The predicted octanol–water partition coefficient (Wildman–Crippen LogP) is 3.01. The molecule has 1 N–H and O–H groups in total. The van der Waals surface area contributed by atoms with Crippen LogP contribution in [0, 0.1) is 0 Å². The van der Waals surface area contributed by atoms with Gasteiger partial charge in [-0.1, -0.05) is 23.7 Å². The van der Waals surface area contributed by atoms with Crippen molar-refractivity contribution >= 4 is 28.2 Å². The predicted molar refractivity (Wildman–Crippen MR) is 83.8 cm³/mol. The summed E-state index contributed by atoms with van der Waals surface area (Å²) in [6.07, 6.45) is 1.12. The number of fused-ring (bicyclic) bond motifs is 2. The van der Waals surface area contributed by atoms with Crippen LogP contribution in [-0.2, 0) is 0 Å². The molecule has 3 heterocycles. The molecule has 0 bridgehead atoms. The molecule has 6 heteroatoms. The van der Waals surface area contributed by atoms with Crippen molar-refractivity contribution in [2.24, 2.45) is 0 Å². The Bertz CT molecular complexity index is 1030. The first-order chi connectivity index (χ1) is 11.1. The lowest BCUT2D eigenvalue weighted by molar-refractivity contribution is 0.213. The molecule has 0 saturated heterocycles. The Balaban J connectivity index is 1.91. The minimum absolute atomic E-state index is 0.221. The number of aliphatic hydroxyl groups is 1. The van der Waals surface area contributed by atoms with E-state index in [1.165, 1.54) is 10.7 Å². The minimum atomic E-state index is -2.01. The van der Waals surface area contributed by atoms with Gasteiger partial charge in [-0.25, -0.2) is 9.50 Å². The smallest absolute Gasteiger partial charge is 0.154 e. The Morgan fingerprint density at radius 1 is 1.18 bits per heavy atom. The fourth-order valence-corrected chi connectivity index (χ4v) is 2.52. The highest BCUT2D eigenvalue weighted by molar-refractivity contribution is 6.29. The van der Waals surface area contributed by atoms with Gasteiger partial charge in [0, 0.05) is 11.6 Å². The zero-order chi connectivity index (χ0) is 16.0. The van der Waals surface area contributed by atoms with Gasteiger partial charge in [-0.15, -0.1) is 0 Å². The highest BCUT2D eigenvalue weighted by Gasteiger charge is 2.17. The van der Waals surface area contributed by atoms with Crippen molar-refractivity contribution in [2.75, 3.05) is 0 Å². The van der Waals surface area contributed by atoms with E-state index in [2.05, 4.69) is 15.1 Å². The van der Waals surface area contributed by atoms with Gasteiger partial charge in [0.1, 0.15) is 11.2 Å². The molecule has 1 unspecified atom stereocenters. The number of pyridine rings is 1. The summed E-state index contributed by atoms with van der Waals surface area (Å²) >= 11 is 5.91. The van der Waals surface area contributed by atoms with Crippen LogP contribution in [0.3, 0.4) is 0 Å². The standard InChI is InChI=1S/C16H11ClN4O/c17-14-5-6-15-19-9-13(21(15)20-14)16(22)11-3-4-12-10(8-11)2-1-7-18-12/h1-9,16,22H/i16D. The molecule has 0 spiro atoms. The molecule has 0 aliphatic carbocycles. The molecule has 1 aromatic carbocycles. The van der Waals surface area contributed by atoms with E-state index in [4.69, 9.17) is 13.0 Å². The lowest BCUT2D eigenvalue weighted by atomic mass is 10.0. The average Bonchev–Trinajstić information content (AvgIpc) is 2.98. The second-order valence-corrected chi connectivity index (χ2v) is 5.22. The zero-order valence-electron chi connectivity index (χ0n) is 12.3. The molecule has 4 aromatic rings. The van der Waals surface area contributed by atoms with Crippen molar-refractivity contribution in [3.63, 3.8) is 0 Å². The average molecular weight is 312 g/mol. The lowest BCUT2D eigenvalue weighted by Crippen LogP contribution is -2.05. The van der Waals surface area contributed by atoms with Crippen molar-refractivity contribution < 1.29 is 6.48 Å². The van der Waals surface area contributed by atoms with Gasteiger partial charge in [-0.3, -0.25) is 4.98 Å². The van der Waals surface area contributed by atoms with Crippen molar-refractivity contribution in [1.29, 1.82) is 0 Å². The Labute approximate surface area is 132 Å². The molecular formula is C16H11ClN4O. The van der Waals surface area contributed by atoms with Gasteiger partial charge in [-0.05, 0) is 35.9 Å². The first kappa shape index (κ1) is 12.1. The van der Waals surface area contributed by atoms with Crippen molar-refractivity contribution in [3.8, 4) is 0 Å². The van der Waals surface area contributed by atoms with E-state index in [-0.39, 0.29) is 10.8 Å². The monoisotopic (exact) mass is 311 g/mol. The van der Waals surface area contributed by atoms with Crippen LogP contribution >= 0.6 is 11.6 Å². The summed E-state index contributed by atoms with van der Waals surface area (Å²) in [5.41, 5.74) is 1.93. The molecule has 0 amide bonds. The first-order valence-electron chi connectivity index (χ1n) is 7.14. The summed E-state index contributed by atoms with van der Waals surface area (Å²) < 4.78 is 9.82. The van der Waals surface area contributed by atoms with E-state index in [0.29, 0.717) is 11.2 Å². The fraction of sp³-hybridized carbons (Fsp3) is 0.0625. The summed E-state index contributed by atoms with van der Waals surface area (Å²) in [6, 6.07) is 12.2. The zero-order valence-corrected chi connectivity index (χ0v) is 12.1. The van der Waals surface area contributed by atoms with Gasteiger partial charge in [0.2, 0.25) is 0 Å². The largest absolute Gasteiger partial charge is 0.382 e. The van der Waals surface area contributed by atoms with Gasteiger partial charge in [0.25, 0.3) is 0 Å². The Hall–Kier alpha value is -2.50. The fourth-order valence-electron chi connectivity index (χ4n) is 2.38. The number of aromatic nitrogens is 4. The molecule has 0 fully saturated rings. The summed E-state index contributed by atoms with van der Waals surface area (Å²) in [5, 5.41) is 16.0. The molecule has 108 valence electrons. The number of benzene rings is 1. The van der Waals surface area contributed by atoms with E-state index in [1.54, 1.807) is 36.5 Å². The highest BCUT2D eigenvalue weighted by Crippen LogP contribution is 2.25. The molecule has 0 radical (unpaired) electrons. The summed E-state index contributed by atoms with van der Waals surface area (Å²) in [4.78, 5) is 8.40. The van der Waals surface area contributed by atoms with Crippen molar-refractivity contribution in [3.05, 3.63) is 71.3 Å². The summed E-state index contributed by atoms with van der Waals surface area (Å²) in [5.74, 6) is 0. The second-order valence-electron chi connectivity index (χ2n) is 4.83.